The van der Waals surface area contributed by atoms with Crippen LogP contribution in [-0.2, 0) is 17.7 Å². The first kappa shape index (κ1) is 13.7. The number of rotatable bonds is 5. The minimum absolute atomic E-state index is 0.138. The van der Waals surface area contributed by atoms with Crippen LogP contribution in [0.5, 0.6) is 0 Å². The third-order valence-electron chi connectivity index (χ3n) is 3.38. The zero-order chi connectivity index (χ0) is 14.7. The van der Waals surface area contributed by atoms with E-state index in [4.69, 9.17) is 4.74 Å². The SMILES string of the molecule is CCc1nc(C(=O)Nc2cnn(CC3CCCO3)c2)n[nH]1. The van der Waals surface area contributed by atoms with Gasteiger partial charge in [-0.15, -0.1) is 5.10 Å². The highest BCUT2D eigenvalue weighted by Crippen LogP contribution is 2.15. The van der Waals surface area contributed by atoms with Crippen LogP contribution in [0.2, 0.25) is 0 Å². The fraction of sp³-hybridized carbons (Fsp3) is 0.538. The zero-order valence-corrected chi connectivity index (χ0v) is 11.9. The summed E-state index contributed by atoms with van der Waals surface area (Å²) >= 11 is 0. The fourth-order valence-electron chi connectivity index (χ4n) is 2.27. The Bertz CT molecular complexity index is 614. The van der Waals surface area contributed by atoms with Crippen molar-refractivity contribution in [1.29, 1.82) is 0 Å². The average Bonchev–Trinajstić information content (AvgIpc) is 3.20. The van der Waals surface area contributed by atoms with Gasteiger partial charge in [0.05, 0.1) is 24.5 Å². The van der Waals surface area contributed by atoms with Crippen molar-refractivity contribution in [2.45, 2.75) is 38.8 Å². The molecule has 1 atom stereocenters. The summed E-state index contributed by atoms with van der Waals surface area (Å²) in [7, 11) is 0. The number of hydrogen-bond acceptors (Lipinski definition) is 5. The van der Waals surface area contributed by atoms with Gasteiger partial charge < -0.3 is 10.1 Å². The number of amides is 1. The Hall–Kier alpha value is -2.22. The molecular formula is C13H18N6O2. The molecule has 1 fully saturated rings. The zero-order valence-electron chi connectivity index (χ0n) is 11.9. The van der Waals surface area contributed by atoms with E-state index >= 15 is 0 Å². The molecule has 0 spiro atoms. The molecule has 2 N–H and O–H groups in total. The number of aromatic nitrogens is 5. The van der Waals surface area contributed by atoms with Crippen LogP contribution in [0, 0.1) is 0 Å². The van der Waals surface area contributed by atoms with E-state index in [2.05, 4.69) is 25.6 Å². The predicted molar refractivity (Wildman–Crippen MR) is 74.9 cm³/mol. The van der Waals surface area contributed by atoms with Crippen LogP contribution in [0.25, 0.3) is 0 Å². The molecule has 0 aromatic carbocycles. The lowest BCUT2D eigenvalue weighted by Gasteiger charge is -2.08. The summed E-state index contributed by atoms with van der Waals surface area (Å²) in [6.45, 7) is 3.47. The largest absolute Gasteiger partial charge is 0.376 e. The maximum atomic E-state index is 12.0. The highest BCUT2D eigenvalue weighted by Gasteiger charge is 2.17. The maximum absolute atomic E-state index is 12.0. The third-order valence-corrected chi connectivity index (χ3v) is 3.38. The molecule has 0 aliphatic carbocycles. The summed E-state index contributed by atoms with van der Waals surface area (Å²) < 4.78 is 7.34. The van der Waals surface area contributed by atoms with Crippen LogP contribution >= 0.6 is 0 Å². The van der Waals surface area contributed by atoms with Crippen molar-refractivity contribution in [3.63, 3.8) is 0 Å². The first-order chi connectivity index (χ1) is 10.2. The number of nitrogens with zero attached hydrogens (tertiary/aromatic N) is 4. The second kappa shape index (κ2) is 6.04. The summed E-state index contributed by atoms with van der Waals surface area (Å²) in [5.74, 6) is 0.482. The Morgan fingerprint density at radius 1 is 1.62 bits per heavy atom. The highest BCUT2D eigenvalue weighted by molar-refractivity contribution is 6.01. The van der Waals surface area contributed by atoms with Gasteiger partial charge in [0.2, 0.25) is 5.82 Å². The molecule has 2 aromatic rings. The minimum atomic E-state index is -0.345. The van der Waals surface area contributed by atoms with E-state index < -0.39 is 0 Å². The monoisotopic (exact) mass is 290 g/mol. The Morgan fingerprint density at radius 2 is 2.52 bits per heavy atom. The van der Waals surface area contributed by atoms with Crippen LogP contribution in [0.1, 0.15) is 36.2 Å². The Labute approximate surface area is 121 Å². The summed E-state index contributed by atoms with van der Waals surface area (Å²) in [4.78, 5) is 16.1. The van der Waals surface area contributed by atoms with Crippen molar-refractivity contribution in [3.05, 3.63) is 24.0 Å². The number of carbonyl (C=O) groups is 1. The summed E-state index contributed by atoms with van der Waals surface area (Å²) in [5, 5.41) is 13.5. The average molecular weight is 290 g/mol. The summed E-state index contributed by atoms with van der Waals surface area (Å²) in [6.07, 6.45) is 6.47. The van der Waals surface area contributed by atoms with Gasteiger partial charge in [0, 0.05) is 19.2 Å². The van der Waals surface area contributed by atoms with E-state index in [-0.39, 0.29) is 17.8 Å². The highest BCUT2D eigenvalue weighted by atomic mass is 16.5. The molecule has 8 heteroatoms. The molecule has 112 valence electrons. The van der Waals surface area contributed by atoms with Gasteiger partial charge in [0.1, 0.15) is 5.82 Å². The smallest absolute Gasteiger partial charge is 0.295 e. The standard InChI is InChI=1S/C13H18N6O2/c1-2-11-16-12(18-17-11)13(20)15-9-6-14-19(7-9)8-10-4-3-5-21-10/h6-7,10H,2-5,8H2,1H3,(H,15,20)(H,16,17,18). The molecule has 0 radical (unpaired) electrons. The van der Waals surface area contributed by atoms with E-state index in [0.29, 0.717) is 24.5 Å². The Kier molecular flexibility index (Phi) is 3.96. The van der Waals surface area contributed by atoms with Gasteiger partial charge in [-0.3, -0.25) is 14.6 Å². The third kappa shape index (κ3) is 3.27. The van der Waals surface area contributed by atoms with E-state index in [9.17, 15) is 4.79 Å². The predicted octanol–water partition coefficient (Wildman–Crippen LogP) is 0.995. The first-order valence-corrected chi connectivity index (χ1v) is 7.11. The van der Waals surface area contributed by atoms with Crippen molar-refractivity contribution >= 4 is 11.6 Å². The number of aryl methyl sites for hydroxylation is 1. The lowest BCUT2D eigenvalue weighted by Crippen LogP contribution is -2.15. The molecule has 3 rings (SSSR count). The second-order valence-corrected chi connectivity index (χ2v) is 5.00. The van der Waals surface area contributed by atoms with E-state index in [1.54, 1.807) is 17.1 Å². The number of nitrogens with one attached hydrogen (secondary N) is 2. The fourth-order valence-corrected chi connectivity index (χ4v) is 2.27. The van der Waals surface area contributed by atoms with Crippen LogP contribution in [0.4, 0.5) is 5.69 Å². The van der Waals surface area contributed by atoms with Crippen LogP contribution in [-0.4, -0.2) is 43.6 Å². The van der Waals surface area contributed by atoms with Gasteiger partial charge in [-0.1, -0.05) is 6.92 Å². The molecule has 2 aromatic heterocycles. The molecular weight excluding hydrogens is 272 g/mol. The Morgan fingerprint density at radius 3 is 3.24 bits per heavy atom. The summed E-state index contributed by atoms with van der Waals surface area (Å²) in [6, 6.07) is 0. The van der Waals surface area contributed by atoms with Crippen molar-refractivity contribution in [1.82, 2.24) is 25.0 Å². The van der Waals surface area contributed by atoms with Crippen LogP contribution < -0.4 is 5.32 Å². The lowest BCUT2D eigenvalue weighted by molar-refractivity contribution is 0.0940. The molecule has 1 unspecified atom stereocenters. The van der Waals surface area contributed by atoms with Gasteiger partial charge in [0.15, 0.2) is 0 Å². The van der Waals surface area contributed by atoms with Crippen molar-refractivity contribution in [3.8, 4) is 0 Å². The number of aromatic amines is 1. The number of carbonyl (C=O) groups excluding carboxylic acids is 1. The topological polar surface area (TPSA) is 97.7 Å². The number of H-pyrrole nitrogens is 1. The molecule has 0 saturated carbocycles. The lowest BCUT2D eigenvalue weighted by atomic mass is 10.2. The quantitative estimate of drug-likeness (QED) is 0.856. The molecule has 1 aliphatic heterocycles. The molecule has 1 saturated heterocycles. The number of anilines is 1. The Balaban J connectivity index is 1.59. The first-order valence-electron chi connectivity index (χ1n) is 7.11. The molecule has 21 heavy (non-hydrogen) atoms. The molecule has 0 bridgehead atoms. The van der Waals surface area contributed by atoms with Gasteiger partial charge in [-0.25, -0.2) is 4.98 Å². The van der Waals surface area contributed by atoms with Gasteiger partial charge >= 0.3 is 0 Å². The summed E-state index contributed by atoms with van der Waals surface area (Å²) in [5.41, 5.74) is 0.626. The van der Waals surface area contributed by atoms with Crippen LogP contribution in [0.3, 0.4) is 0 Å². The molecule has 1 amide bonds. The van der Waals surface area contributed by atoms with Crippen molar-refractivity contribution < 1.29 is 9.53 Å². The normalized spacial score (nSPS) is 18.0. The minimum Gasteiger partial charge on any atom is -0.376 e. The second-order valence-electron chi connectivity index (χ2n) is 5.00. The van der Waals surface area contributed by atoms with E-state index in [1.165, 1.54) is 0 Å². The van der Waals surface area contributed by atoms with Crippen molar-refractivity contribution in [2.75, 3.05) is 11.9 Å². The number of hydrogen-bond donors (Lipinski definition) is 2. The van der Waals surface area contributed by atoms with Gasteiger partial charge in [-0.05, 0) is 12.8 Å². The van der Waals surface area contributed by atoms with E-state index in [0.717, 1.165) is 19.4 Å². The van der Waals surface area contributed by atoms with E-state index in [1.807, 2.05) is 6.92 Å². The number of ether oxygens (including phenoxy) is 1. The molecule has 8 nitrogen and oxygen atoms in total. The van der Waals surface area contributed by atoms with Gasteiger partial charge in [-0.2, -0.15) is 5.10 Å². The molecule has 3 heterocycles. The maximum Gasteiger partial charge on any atom is 0.295 e. The van der Waals surface area contributed by atoms with Crippen LogP contribution in [0.15, 0.2) is 12.4 Å². The molecule has 1 aliphatic rings. The van der Waals surface area contributed by atoms with Crippen molar-refractivity contribution in [2.24, 2.45) is 0 Å². The van der Waals surface area contributed by atoms with Gasteiger partial charge in [0.25, 0.3) is 5.91 Å².